The minimum absolute atomic E-state index is 0.0633. The Morgan fingerprint density at radius 3 is 2.57 bits per heavy atom. The van der Waals surface area contributed by atoms with Crippen molar-refractivity contribution in [3.63, 3.8) is 0 Å². The first kappa shape index (κ1) is 14.0. The fourth-order valence-electron chi connectivity index (χ4n) is 2.53. The molecule has 0 fully saturated rings. The highest BCUT2D eigenvalue weighted by Gasteiger charge is 2.21. The number of ether oxygens (including phenoxy) is 1. The Balaban J connectivity index is 1.47. The van der Waals surface area contributed by atoms with Gasteiger partial charge in [-0.2, -0.15) is 0 Å². The van der Waals surface area contributed by atoms with Gasteiger partial charge in [-0.15, -0.1) is 0 Å². The van der Waals surface area contributed by atoms with Crippen molar-refractivity contribution >= 4 is 0 Å². The molecular formula is C17H17F2NO. The van der Waals surface area contributed by atoms with Crippen LogP contribution in [0.25, 0.3) is 0 Å². The van der Waals surface area contributed by atoms with Crippen molar-refractivity contribution in [2.75, 3.05) is 6.54 Å². The first-order chi connectivity index (χ1) is 10.2. The predicted molar refractivity (Wildman–Crippen MR) is 77.7 cm³/mol. The summed E-state index contributed by atoms with van der Waals surface area (Å²) >= 11 is 0. The zero-order chi connectivity index (χ0) is 14.7. The Morgan fingerprint density at radius 2 is 1.86 bits per heavy atom. The van der Waals surface area contributed by atoms with Crippen LogP contribution in [0, 0.1) is 0 Å². The molecule has 1 aliphatic heterocycles. The Bertz CT molecular complexity index is 573. The van der Waals surface area contributed by atoms with Crippen LogP contribution in [0.1, 0.15) is 23.1 Å². The summed E-state index contributed by atoms with van der Waals surface area (Å²) in [5, 5.41) is 3.31. The number of halogens is 2. The second-order valence-electron chi connectivity index (χ2n) is 5.22. The molecule has 0 radical (unpaired) electrons. The number of benzene rings is 2. The van der Waals surface area contributed by atoms with E-state index in [-0.39, 0.29) is 11.7 Å². The summed E-state index contributed by atoms with van der Waals surface area (Å²) in [6.07, 6.45) is -1.35. The maximum absolute atomic E-state index is 12.5. The number of hydrogen-bond donors (Lipinski definition) is 1. The van der Waals surface area contributed by atoms with E-state index in [9.17, 15) is 8.78 Å². The van der Waals surface area contributed by atoms with E-state index in [0.29, 0.717) is 6.54 Å². The van der Waals surface area contributed by atoms with Crippen LogP contribution in [0.2, 0.25) is 0 Å². The standard InChI is InChI=1S/C17H17F2NO/c18-17(19)13-7-5-12(6-8-13)10-20-11-15-9-14-3-1-2-4-16(14)21-15/h1-8,15,17,20H,9-11H2. The van der Waals surface area contributed by atoms with Crippen molar-refractivity contribution in [2.24, 2.45) is 0 Å². The lowest BCUT2D eigenvalue weighted by molar-refractivity contribution is 0.151. The van der Waals surface area contributed by atoms with Gasteiger partial charge in [0, 0.05) is 25.1 Å². The lowest BCUT2D eigenvalue weighted by Gasteiger charge is -2.12. The Morgan fingerprint density at radius 1 is 1.10 bits per heavy atom. The minimum atomic E-state index is -2.41. The van der Waals surface area contributed by atoms with E-state index in [1.54, 1.807) is 12.1 Å². The summed E-state index contributed by atoms with van der Waals surface area (Å²) in [5.74, 6) is 0.964. The second kappa shape index (κ2) is 6.22. The summed E-state index contributed by atoms with van der Waals surface area (Å²) in [6.45, 7) is 1.39. The molecule has 4 heteroatoms. The van der Waals surface area contributed by atoms with Gasteiger partial charge in [-0.25, -0.2) is 8.78 Å². The summed E-state index contributed by atoms with van der Waals surface area (Å²) < 4.78 is 30.7. The number of rotatable bonds is 5. The highest BCUT2D eigenvalue weighted by Crippen LogP contribution is 2.27. The van der Waals surface area contributed by atoms with E-state index in [1.807, 2.05) is 18.2 Å². The van der Waals surface area contributed by atoms with Crippen molar-refractivity contribution < 1.29 is 13.5 Å². The first-order valence-electron chi connectivity index (χ1n) is 7.04. The van der Waals surface area contributed by atoms with Gasteiger partial charge in [-0.05, 0) is 17.2 Å². The van der Waals surface area contributed by atoms with Crippen molar-refractivity contribution in [3.05, 3.63) is 65.2 Å². The number of para-hydroxylation sites is 1. The zero-order valence-electron chi connectivity index (χ0n) is 11.6. The molecule has 1 N–H and O–H groups in total. The number of fused-ring (bicyclic) bond motifs is 1. The maximum atomic E-state index is 12.5. The highest BCUT2D eigenvalue weighted by atomic mass is 19.3. The van der Waals surface area contributed by atoms with Crippen LogP contribution in [0.4, 0.5) is 8.78 Å². The van der Waals surface area contributed by atoms with Gasteiger partial charge in [-0.1, -0.05) is 42.5 Å². The monoisotopic (exact) mass is 289 g/mol. The number of hydrogen-bond acceptors (Lipinski definition) is 2. The molecule has 0 bridgehead atoms. The first-order valence-corrected chi connectivity index (χ1v) is 7.04. The molecule has 2 aromatic rings. The molecular weight excluding hydrogens is 272 g/mol. The Hall–Kier alpha value is -1.94. The van der Waals surface area contributed by atoms with E-state index in [1.165, 1.54) is 17.7 Å². The Kier molecular flexibility index (Phi) is 4.15. The summed E-state index contributed by atoms with van der Waals surface area (Å²) in [4.78, 5) is 0. The molecule has 2 nitrogen and oxygen atoms in total. The van der Waals surface area contributed by atoms with Gasteiger partial charge in [-0.3, -0.25) is 0 Å². The highest BCUT2D eigenvalue weighted by molar-refractivity contribution is 5.37. The van der Waals surface area contributed by atoms with Gasteiger partial charge in [0.1, 0.15) is 11.9 Å². The molecule has 0 spiro atoms. The van der Waals surface area contributed by atoms with E-state index < -0.39 is 6.43 Å². The molecule has 0 amide bonds. The van der Waals surface area contributed by atoms with Crippen LogP contribution < -0.4 is 10.1 Å². The van der Waals surface area contributed by atoms with E-state index in [4.69, 9.17) is 4.74 Å². The van der Waals surface area contributed by atoms with Crippen LogP contribution in [-0.4, -0.2) is 12.6 Å². The number of nitrogens with one attached hydrogen (secondary N) is 1. The van der Waals surface area contributed by atoms with Crippen LogP contribution >= 0.6 is 0 Å². The van der Waals surface area contributed by atoms with Crippen LogP contribution in [0.5, 0.6) is 5.75 Å². The van der Waals surface area contributed by atoms with Gasteiger partial charge in [0.25, 0.3) is 6.43 Å². The molecule has 1 heterocycles. The van der Waals surface area contributed by atoms with E-state index >= 15 is 0 Å². The largest absolute Gasteiger partial charge is 0.488 e. The normalized spacial score (nSPS) is 16.8. The molecule has 3 rings (SSSR count). The smallest absolute Gasteiger partial charge is 0.263 e. The summed E-state index contributed by atoms with van der Waals surface area (Å²) in [7, 11) is 0. The van der Waals surface area contributed by atoms with Crippen LogP contribution in [0.3, 0.4) is 0 Å². The lowest BCUT2D eigenvalue weighted by Crippen LogP contribution is -2.29. The SMILES string of the molecule is FC(F)c1ccc(CNCC2Cc3ccccc3O2)cc1. The van der Waals surface area contributed by atoms with E-state index in [2.05, 4.69) is 11.4 Å². The van der Waals surface area contributed by atoms with Crippen molar-refractivity contribution in [1.82, 2.24) is 5.32 Å². The molecule has 2 aromatic carbocycles. The van der Waals surface area contributed by atoms with Crippen LogP contribution in [0.15, 0.2) is 48.5 Å². The van der Waals surface area contributed by atoms with Crippen molar-refractivity contribution in [1.29, 1.82) is 0 Å². The quantitative estimate of drug-likeness (QED) is 0.906. The van der Waals surface area contributed by atoms with E-state index in [0.717, 1.165) is 24.3 Å². The average molecular weight is 289 g/mol. The average Bonchev–Trinajstić information content (AvgIpc) is 2.90. The molecule has 0 aromatic heterocycles. The molecule has 1 unspecified atom stereocenters. The van der Waals surface area contributed by atoms with Gasteiger partial charge < -0.3 is 10.1 Å². The van der Waals surface area contributed by atoms with Gasteiger partial charge >= 0.3 is 0 Å². The van der Waals surface area contributed by atoms with Gasteiger partial charge in [0.2, 0.25) is 0 Å². The fraction of sp³-hybridized carbons (Fsp3) is 0.294. The molecule has 1 aliphatic rings. The molecule has 21 heavy (non-hydrogen) atoms. The summed E-state index contributed by atoms with van der Waals surface area (Å²) in [5.41, 5.74) is 2.30. The Labute approximate surface area is 122 Å². The van der Waals surface area contributed by atoms with Crippen LogP contribution in [-0.2, 0) is 13.0 Å². The maximum Gasteiger partial charge on any atom is 0.263 e. The van der Waals surface area contributed by atoms with Gasteiger partial charge in [0.05, 0.1) is 0 Å². The second-order valence-corrected chi connectivity index (χ2v) is 5.22. The molecule has 0 saturated heterocycles. The lowest BCUT2D eigenvalue weighted by atomic mass is 10.1. The minimum Gasteiger partial charge on any atom is -0.488 e. The zero-order valence-corrected chi connectivity index (χ0v) is 11.6. The number of alkyl halides is 2. The third-order valence-electron chi connectivity index (χ3n) is 3.65. The third-order valence-corrected chi connectivity index (χ3v) is 3.65. The molecule has 0 saturated carbocycles. The molecule has 0 aliphatic carbocycles. The fourth-order valence-corrected chi connectivity index (χ4v) is 2.53. The van der Waals surface area contributed by atoms with Crippen molar-refractivity contribution in [2.45, 2.75) is 25.5 Å². The third kappa shape index (κ3) is 3.39. The molecule has 1 atom stereocenters. The summed E-state index contributed by atoms with van der Waals surface area (Å²) in [6, 6.07) is 14.5. The predicted octanol–water partition coefficient (Wildman–Crippen LogP) is 3.72. The van der Waals surface area contributed by atoms with Gasteiger partial charge in [0.15, 0.2) is 0 Å². The topological polar surface area (TPSA) is 21.3 Å². The van der Waals surface area contributed by atoms with Crippen molar-refractivity contribution in [3.8, 4) is 5.75 Å². The molecule has 110 valence electrons.